The number of urea groups is 1. The van der Waals surface area contributed by atoms with Crippen molar-refractivity contribution in [3.8, 4) is 11.5 Å². The number of nitrogens with zero attached hydrogens (tertiary/aromatic N) is 1. The van der Waals surface area contributed by atoms with Gasteiger partial charge in [0.1, 0.15) is 5.57 Å². The zero-order chi connectivity index (χ0) is 21.8. The molecule has 154 valence electrons. The highest BCUT2D eigenvalue weighted by Crippen LogP contribution is 2.37. The Morgan fingerprint density at radius 3 is 2.53 bits per heavy atom. The Morgan fingerprint density at radius 1 is 1.20 bits per heavy atom. The van der Waals surface area contributed by atoms with Crippen LogP contribution in [0.5, 0.6) is 11.5 Å². The van der Waals surface area contributed by atoms with Gasteiger partial charge in [-0.3, -0.25) is 14.9 Å². The molecule has 1 aliphatic heterocycles. The molecule has 30 heavy (non-hydrogen) atoms. The second-order valence-electron chi connectivity index (χ2n) is 6.01. The molecule has 0 saturated carbocycles. The van der Waals surface area contributed by atoms with E-state index in [1.165, 1.54) is 25.3 Å². The first kappa shape index (κ1) is 21.1. The summed E-state index contributed by atoms with van der Waals surface area (Å²) in [5.41, 5.74) is 0.448. The fourth-order valence-electron chi connectivity index (χ4n) is 2.73. The average molecular weight is 475 g/mol. The predicted octanol–water partition coefficient (Wildman–Crippen LogP) is 2.59. The van der Waals surface area contributed by atoms with E-state index in [0.717, 1.165) is 4.90 Å². The highest BCUT2D eigenvalue weighted by molar-refractivity contribution is 9.10. The highest BCUT2D eigenvalue weighted by Gasteiger charge is 2.36. The minimum Gasteiger partial charge on any atom is -0.493 e. The molecule has 2 N–H and O–H groups in total. The fourth-order valence-corrected chi connectivity index (χ4v) is 3.31. The van der Waals surface area contributed by atoms with Crippen LogP contribution in [0.4, 0.5) is 10.5 Å². The molecule has 0 atom stereocenters. The largest absolute Gasteiger partial charge is 0.493 e. The summed E-state index contributed by atoms with van der Waals surface area (Å²) in [5.74, 6) is -2.43. The zero-order valence-corrected chi connectivity index (χ0v) is 17.1. The number of imide groups is 2. The van der Waals surface area contributed by atoms with Crippen molar-refractivity contribution in [2.75, 3.05) is 18.6 Å². The van der Waals surface area contributed by atoms with Crippen LogP contribution in [0.2, 0.25) is 0 Å². The van der Waals surface area contributed by atoms with E-state index in [4.69, 9.17) is 14.6 Å². The van der Waals surface area contributed by atoms with Crippen molar-refractivity contribution in [3.63, 3.8) is 0 Å². The van der Waals surface area contributed by atoms with Gasteiger partial charge >= 0.3 is 12.0 Å². The standard InChI is InChI=1S/C20H15BrN2O7/c1-29-15-9-11(8-14(21)17(15)30-10-16(24)25)7-13-18(26)22-20(28)23(19(13)27)12-5-3-2-4-6-12/h2-9H,10H2,1H3,(H,24,25)(H,22,26,28)/b13-7-. The van der Waals surface area contributed by atoms with Gasteiger partial charge in [-0.2, -0.15) is 0 Å². The maximum absolute atomic E-state index is 12.9. The van der Waals surface area contributed by atoms with Crippen LogP contribution in [0.15, 0.2) is 52.5 Å². The Labute approximate surface area is 179 Å². The van der Waals surface area contributed by atoms with Crippen molar-refractivity contribution < 1.29 is 33.8 Å². The first-order valence-corrected chi connectivity index (χ1v) is 9.29. The Kier molecular flexibility index (Phi) is 6.17. The zero-order valence-electron chi connectivity index (χ0n) is 15.5. The van der Waals surface area contributed by atoms with Crippen molar-refractivity contribution in [2.24, 2.45) is 0 Å². The van der Waals surface area contributed by atoms with Crippen LogP contribution in [0, 0.1) is 0 Å². The van der Waals surface area contributed by atoms with Crippen LogP contribution in [0.1, 0.15) is 5.56 Å². The van der Waals surface area contributed by atoms with Crippen molar-refractivity contribution in [3.05, 3.63) is 58.1 Å². The van der Waals surface area contributed by atoms with Crippen molar-refractivity contribution in [1.29, 1.82) is 0 Å². The highest BCUT2D eigenvalue weighted by atomic mass is 79.9. The van der Waals surface area contributed by atoms with Gasteiger partial charge in [0.05, 0.1) is 17.3 Å². The number of hydrogen-bond acceptors (Lipinski definition) is 6. The van der Waals surface area contributed by atoms with E-state index in [-0.39, 0.29) is 17.1 Å². The minimum atomic E-state index is -1.16. The number of methoxy groups -OCH3 is 1. The van der Waals surface area contributed by atoms with E-state index in [1.807, 2.05) is 0 Å². The number of carbonyl (C=O) groups is 4. The van der Waals surface area contributed by atoms with Crippen molar-refractivity contribution in [2.45, 2.75) is 0 Å². The molecule has 1 saturated heterocycles. The number of carboxylic acids is 1. The molecular weight excluding hydrogens is 460 g/mol. The fraction of sp³-hybridized carbons (Fsp3) is 0.100. The van der Waals surface area contributed by atoms with E-state index in [0.29, 0.717) is 15.7 Å². The Balaban J connectivity index is 1.99. The molecule has 0 unspecified atom stereocenters. The van der Waals surface area contributed by atoms with E-state index in [9.17, 15) is 19.2 Å². The molecule has 1 heterocycles. The van der Waals surface area contributed by atoms with Gasteiger partial charge < -0.3 is 14.6 Å². The van der Waals surface area contributed by atoms with E-state index in [2.05, 4.69) is 21.2 Å². The lowest BCUT2D eigenvalue weighted by molar-refractivity contribution is -0.139. The minimum absolute atomic E-state index is 0.155. The number of halogens is 1. The van der Waals surface area contributed by atoms with E-state index >= 15 is 0 Å². The molecule has 10 heteroatoms. The number of hydrogen-bond donors (Lipinski definition) is 2. The van der Waals surface area contributed by atoms with E-state index in [1.54, 1.807) is 30.3 Å². The lowest BCUT2D eigenvalue weighted by atomic mass is 10.1. The molecule has 2 aromatic carbocycles. The summed E-state index contributed by atoms with van der Waals surface area (Å²) in [5, 5.41) is 10.9. The van der Waals surface area contributed by atoms with Gasteiger partial charge in [0, 0.05) is 0 Å². The first-order chi connectivity index (χ1) is 14.3. The predicted molar refractivity (Wildman–Crippen MR) is 109 cm³/mol. The molecule has 3 rings (SSSR count). The Hall–Kier alpha value is -3.66. The summed E-state index contributed by atoms with van der Waals surface area (Å²) in [7, 11) is 1.36. The summed E-state index contributed by atoms with van der Waals surface area (Å²) < 4.78 is 10.8. The Bertz CT molecular complexity index is 1070. The number of nitrogens with one attached hydrogen (secondary N) is 1. The summed E-state index contributed by atoms with van der Waals surface area (Å²) in [6, 6.07) is 10.3. The normalized spacial score (nSPS) is 15.2. The summed E-state index contributed by atoms with van der Waals surface area (Å²) in [6.07, 6.45) is 1.30. The molecule has 2 aromatic rings. The number of anilines is 1. The first-order valence-electron chi connectivity index (χ1n) is 8.50. The van der Waals surface area contributed by atoms with Gasteiger partial charge in [0.15, 0.2) is 18.1 Å². The van der Waals surface area contributed by atoms with Crippen LogP contribution in [-0.2, 0) is 14.4 Å². The smallest absolute Gasteiger partial charge is 0.341 e. The number of barbiturate groups is 1. The Morgan fingerprint density at radius 2 is 1.90 bits per heavy atom. The van der Waals surface area contributed by atoms with Gasteiger partial charge in [0.25, 0.3) is 11.8 Å². The van der Waals surface area contributed by atoms with Crippen LogP contribution in [0.3, 0.4) is 0 Å². The molecule has 4 amide bonds. The molecule has 0 bridgehead atoms. The molecule has 0 spiro atoms. The second-order valence-corrected chi connectivity index (χ2v) is 6.86. The van der Waals surface area contributed by atoms with Crippen molar-refractivity contribution in [1.82, 2.24) is 5.32 Å². The summed E-state index contributed by atoms with van der Waals surface area (Å²) in [6.45, 7) is -0.579. The van der Waals surface area contributed by atoms with Crippen LogP contribution >= 0.6 is 15.9 Å². The number of ether oxygens (including phenoxy) is 2. The summed E-state index contributed by atoms with van der Waals surface area (Å²) >= 11 is 3.26. The lowest BCUT2D eigenvalue weighted by Gasteiger charge is -2.26. The number of carboxylic acid groups (broad SMARTS) is 1. The summed E-state index contributed by atoms with van der Waals surface area (Å²) in [4.78, 5) is 49.0. The van der Waals surface area contributed by atoms with E-state index < -0.39 is 30.4 Å². The number of aliphatic carboxylic acids is 1. The topological polar surface area (TPSA) is 122 Å². The third-order valence-electron chi connectivity index (χ3n) is 4.02. The third kappa shape index (κ3) is 4.33. The molecule has 0 aliphatic carbocycles. The second kappa shape index (κ2) is 8.78. The lowest BCUT2D eigenvalue weighted by Crippen LogP contribution is -2.54. The van der Waals surface area contributed by atoms with Gasteiger partial charge in [-0.1, -0.05) is 18.2 Å². The maximum atomic E-state index is 12.9. The maximum Gasteiger partial charge on any atom is 0.341 e. The molecule has 9 nitrogen and oxygen atoms in total. The third-order valence-corrected chi connectivity index (χ3v) is 4.61. The number of benzene rings is 2. The average Bonchev–Trinajstić information content (AvgIpc) is 2.70. The number of amides is 4. The van der Waals surface area contributed by atoms with Gasteiger partial charge in [-0.15, -0.1) is 0 Å². The number of rotatable bonds is 6. The monoisotopic (exact) mass is 474 g/mol. The van der Waals surface area contributed by atoms with Crippen LogP contribution in [0.25, 0.3) is 6.08 Å². The van der Waals surface area contributed by atoms with Gasteiger partial charge in [0.2, 0.25) is 0 Å². The van der Waals surface area contributed by atoms with Gasteiger partial charge in [-0.05, 0) is 51.8 Å². The number of carbonyl (C=O) groups excluding carboxylic acids is 3. The molecule has 1 aliphatic rings. The molecule has 0 radical (unpaired) electrons. The molecule has 1 fully saturated rings. The quantitative estimate of drug-likeness (QED) is 0.487. The van der Waals surface area contributed by atoms with Crippen molar-refractivity contribution >= 4 is 51.5 Å². The SMILES string of the molecule is COc1cc(/C=C2/C(=O)NC(=O)N(c3ccccc3)C2=O)cc(Br)c1OCC(=O)O. The number of para-hydroxylation sites is 1. The molecule has 0 aromatic heterocycles. The van der Waals surface area contributed by atoms with Crippen LogP contribution < -0.4 is 19.7 Å². The van der Waals surface area contributed by atoms with Crippen LogP contribution in [-0.4, -0.2) is 42.6 Å². The molecular formula is C20H15BrN2O7. The van der Waals surface area contributed by atoms with Gasteiger partial charge in [-0.25, -0.2) is 14.5 Å².